The second kappa shape index (κ2) is 32.4. The average molecular weight is 717 g/mol. The molecule has 10 nitrogen and oxygen atoms in total. The van der Waals surface area contributed by atoms with Crippen LogP contribution in [0.25, 0.3) is 0 Å². The molecule has 0 radical (unpaired) electrons. The molecule has 6 atom stereocenters. The van der Waals surface area contributed by atoms with E-state index in [1.165, 1.54) is 116 Å². The van der Waals surface area contributed by atoms with E-state index in [0.717, 1.165) is 38.5 Å². The maximum atomic E-state index is 12.7. The number of rotatable bonds is 34. The molecule has 0 amide bonds. The minimum absolute atomic E-state index is 0.209. The Kier molecular flexibility index (Phi) is 30.2. The number of ether oxygens (including phenoxy) is 4. The van der Waals surface area contributed by atoms with E-state index in [1.807, 2.05) is 0 Å². The lowest BCUT2D eigenvalue weighted by molar-refractivity contribution is -0.305. The lowest BCUT2D eigenvalue weighted by Gasteiger charge is -2.39. The van der Waals surface area contributed by atoms with E-state index in [0.29, 0.717) is 6.42 Å². The molecule has 1 heterocycles. The van der Waals surface area contributed by atoms with Crippen LogP contribution in [0.5, 0.6) is 0 Å². The highest BCUT2D eigenvalue weighted by atomic mass is 16.7. The molecule has 0 aromatic carbocycles. The van der Waals surface area contributed by atoms with Gasteiger partial charge in [0.25, 0.3) is 0 Å². The molecule has 1 fully saturated rings. The summed E-state index contributed by atoms with van der Waals surface area (Å²) in [5, 5.41) is 39.9. The van der Waals surface area contributed by atoms with E-state index in [-0.39, 0.29) is 32.0 Å². The molecule has 1 rings (SSSR count). The van der Waals surface area contributed by atoms with Gasteiger partial charge in [-0.2, -0.15) is 0 Å². The SMILES string of the molecule is CCCCCCCCCCCCCCCC(=O)OC(COC(=O)CCCCCCCCCCCCCC)COC1OC(CO)C(O)C(O)C1O. The first kappa shape index (κ1) is 46.7. The van der Waals surface area contributed by atoms with Gasteiger partial charge in [0.2, 0.25) is 0 Å². The fraction of sp³-hybridized carbons (Fsp3) is 0.950. The van der Waals surface area contributed by atoms with E-state index in [9.17, 15) is 30.0 Å². The topological polar surface area (TPSA) is 152 Å². The van der Waals surface area contributed by atoms with E-state index in [2.05, 4.69) is 13.8 Å². The summed E-state index contributed by atoms with van der Waals surface area (Å²) >= 11 is 0. The summed E-state index contributed by atoms with van der Waals surface area (Å²) < 4.78 is 22.1. The maximum Gasteiger partial charge on any atom is 0.306 e. The van der Waals surface area contributed by atoms with Crippen LogP contribution in [0.1, 0.15) is 187 Å². The molecule has 0 aromatic rings. The second-order valence-corrected chi connectivity index (χ2v) is 14.5. The molecule has 0 bridgehead atoms. The van der Waals surface area contributed by atoms with Crippen LogP contribution in [0.4, 0.5) is 0 Å². The van der Waals surface area contributed by atoms with E-state index in [4.69, 9.17) is 18.9 Å². The molecule has 6 unspecified atom stereocenters. The summed E-state index contributed by atoms with van der Waals surface area (Å²) in [4.78, 5) is 25.2. The number of carbonyl (C=O) groups excluding carboxylic acids is 2. The first-order valence-electron chi connectivity index (χ1n) is 20.6. The van der Waals surface area contributed by atoms with Crippen molar-refractivity contribution in [3.8, 4) is 0 Å². The van der Waals surface area contributed by atoms with Gasteiger partial charge in [-0.25, -0.2) is 0 Å². The van der Waals surface area contributed by atoms with Crippen LogP contribution in [-0.4, -0.2) is 89.0 Å². The highest BCUT2D eigenvalue weighted by molar-refractivity contribution is 5.70. The first-order valence-corrected chi connectivity index (χ1v) is 20.6. The molecule has 4 N–H and O–H groups in total. The van der Waals surface area contributed by atoms with Gasteiger partial charge in [-0.3, -0.25) is 9.59 Å². The molecule has 10 heteroatoms. The summed E-state index contributed by atoms with van der Waals surface area (Å²) in [5.74, 6) is -0.796. The van der Waals surface area contributed by atoms with Crippen LogP contribution in [0.15, 0.2) is 0 Å². The standard InChI is InChI=1S/C40H76O10/c1-3-5-7-9-11-13-15-17-19-21-23-25-27-29-36(43)49-33(32-48-40-39(46)38(45)37(44)34(30-41)50-40)31-47-35(42)28-26-24-22-20-18-16-14-12-10-8-6-4-2/h33-34,37-41,44-46H,3-32H2,1-2H3. The number of aliphatic hydroxyl groups excluding tert-OH is 4. The van der Waals surface area contributed by atoms with Crippen molar-refractivity contribution < 1.29 is 49.0 Å². The third-order valence-corrected chi connectivity index (χ3v) is 9.74. The van der Waals surface area contributed by atoms with Gasteiger partial charge in [-0.05, 0) is 12.8 Å². The van der Waals surface area contributed by atoms with Gasteiger partial charge in [0.05, 0.1) is 13.2 Å². The summed E-state index contributed by atoms with van der Waals surface area (Å²) in [5.41, 5.74) is 0. The van der Waals surface area contributed by atoms with Gasteiger partial charge in [-0.15, -0.1) is 0 Å². The largest absolute Gasteiger partial charge is 0.462 e. The Morgan fingerprint density at radius 3 is 1.36 bits per heavy atom. The molecule has 50 heavy (non-hydrogen) atoms. The molecule has 1 aliphatic rings. The van der Waals surface area contributed by atoms with Gasteiger partial charge in [-0.1, -0.05) is 162 Å². The lowest BCUT2D eigenvalue weighted by Crippen LogP contribution is -2.59. The summed E-state index contributed by atoms with van der Waals surface area (Å²) in [6.45, 7) is 3.42. The van der Waals surface area contributed by atoms with Crippen LogP contribution in [0, 0.1) is 0 Å². The van der Waals surface area contributed by atoms with Crippen molar-refractivity contribution in [2.45, 2.75) is 224 Å². The minimum atomic E-state index is -1.59. The number of hydrogen-bond donors (Lipinski definition) is 4. The van der Waals surface area contributed by atoms with E-state index >= 15 is 0 Å². The molecule has 0 saturated carbocycles. The normalized spacial score (nSPS) is 21.3. The van der Waals surface area contributed by atoms with Crippen LogP contribution in [0.3, 0.4) is 0 Å². The fourth-order valence-corrected chi connectivity index (χ4v) is 6.42. The molecule has 296 valence electrons. The lowest BCUT2D eigenvalue weighted by atomic mass is 9.99. The van der Waals surface area contributed by atoms with Crippen LogP contribution in [-0.2, 0) is 28.5 Å². The zero-order valence-electron chi connectivity index (χ0n) is 31.9. The summed E-state index contributed by atoms with van der Waals surface area (Å²) in [7, 11) is 0. The van der Waals surface area contributed by atoms with E-state index in [1.54, 1.807) is 0 Å². The quantitative estimate of drug-likeness (QED) is 0.0383. The minimum Gasteiger partial charge on any atom is -0.462 e. The van der Waals surface area contributed by atoms with Crippen molar-refractivity contribution >= 4 is 11.9 Å². The molecule has 1 aliphatic heterocycles. The van der Waals surface area contributed by atoms with Crippen LogP contribution >= 0.6 is 0 Å². The first-order chi connectivity index (χ1) is 24.3. The number of aliphatic hydroxyl groups is 4. The number of hydrogen-bond acceptors (Lipinski definition) is 10. The van der Waals surface area contributed by atoms with Crippen molar-refractivity contribution in [3.63, 3.8) is 0 Å². The molecular formula is C40H76O10. The summed E-state index contributed by atoms with van der Waals surface area (Å²) in [6, 6.07) is 0. The Labute approximate surface area is 304 Å². The third-order valence-electron chi connectivity index (χ3n) is 9.74. The summed E-state index contributed by atoms with van der Waals surface area (Å²) in [6.07, 6.45) is 22.5. The Morgan fingerprint density at radius 2 is 0.940 bits per heavy atom. The van der Waals surface area contributed by atoms with Gasteiger partial charge in [0.15, 0.2) is 12.4 Å². The Hall–Kier alpha value is -1.30. The number of unbranched alkanes of at least 4 members (excludes halogenated alkanes) is 23. The smallest absolute Gasteiger partial charge is 0.306 e. The molecule has 0 aromatic heterocycles. The zero-order valence-corrected chi connectivity index (χ0v) is 31.9. The zero-order chi connectivity index (χ0) is 36.7. The van der Waals surface area contributed by atoms with Gasteiger partial charge in [0.1, 0.15) is 31.0 Å². The molecule has 0 aliphatic carbocycles. The van der Waals surface area contributed by atoms with Gasteiger partial charge >= 0.3 is 11.9 Å². The van der Waals surface area contributed by atoms with Crippen molar-refractivity contribution in [2.75, 3.05) is 19.8 Å². The van der Waals surface area contributed by atoms with Crippen LogP contribution < -0.4 is 0 Å². The number of esters is 2. The van der Waals surface area contributed by atoms with Crippen LogP contribution in [0.2, 0.25) is 0 Å². The Morgan fingerprint density at radius 1 is 0.540 bits per heavy atom. The Bertz CT molecular complexity index is 794. The maximum absolute atomic E-state index is 12.7. The van der Waals surface area contributed by atoms with Crippen molar-refractivity contribution in [1.29, 1.82) is 0 Å². The number of carbonyl (C=O) groups is 2. The predicted octanol–water partition coefficient (Wildman–Crippen LogP) is 7.83. The Balaban J connectivity index is 2.36. The van der Waals surface area contributed by atoms with E-state index < -0.39 is 49.4 Å². The predicted molar refractivity (Wildman–Crippen MR) is 197 cm³/mol. The second-order valence-electron chi connectivity index (χ2n) is 14.5. The molecular weight excluding hydrogens is 640 g/mol. The fourth-order valence-electron chi connectivity index (χ4n) is 6.42. The van der Waals surface area contributed by atoms with Crippen molar-refractivity contribution in [3.05, 3.63) is 0 Å². The van der Waals surface area contributed by atoms with Crippen molar-refractivity contribution in [1.82, 2.24) is 0 Å². The van der Waals surface area contributed by atoms with Gasteiger partial charge in [0, 0.05) is 12.8 Å². The average Bonchev–Trinajstić information content (AvgIpc) is 3.11. The highest BCUT2D eigenvalue weighted by Crippen LogP contribution is 2.23. The molecule has 1 saturated heterocycles. The van der Waals surface area contributed by atoms with Crippen molar-refractivity contribution in [2.24, 2.45) is 0 Å². The monoisotopic (exact) mass is 717 g/mol. The van der Waals surface area contributed by atoms with Gasteiger partial charge < -0.3 is 39.4 Å². The highest BCUT2D eigenvalue weighted by Gasteiger charge is 2.44. The molecule has 0 spiro atoms. The third kappa shape index (κ3) is 24.0.